The summed E-state index contributed by atoms with van der Waals surface area (Å²) in [5.74, 6) is -0.0293. The van der Waals surface area contributed by atoms with Gasteiger partial charge < -0.3 is 44.4 Å². The second-order valence-electron chi connectivity index (χ2n) is 9.73. The minimum Gasteiger partial charge on any atom is -0.394 e. The Labute approximate surface area is 227 Å². The fraction of sp³-hybridized carbons (Fsp3) is 0.800. The molecule has 7 N–H and O–H groups in total. The smallest absolute Gasteiger partial charge is 0.394 e. The van der Waals surface area contributed by atoms with Crippen molar-refractivity contribution in [2.45, 2.75) is 76.3 Å². The number of nitrogens with zero attached hydrogens (tertiary/aromatic N) is 1. The summed E-state index contributed by atoms with van der Waals surface area (Å²) in [6, 6.07) is 0. The molecular weight excluding hydrogens is 586 g/mol. The lowest BCUT2D eigenvalue weighted by Crippen LogP contribution is -2.60. The third-order valence-corrected chi connectivity index (χ3v) is 8.55. The Morgan fingerprint density at radius 1 is 1.10 bits per heavy atom. The molecule has 20 heteroatoms. The molecule has 1 aromatic rings. The standard InChI is InChI=1S/C20H34N2O16P2/c1-9(2)7-33-17-15(25)12(6-23)36-19(16(17)26)37-40(31,32)38-39(29,30)34-8-13-11(24)4-14(35-13)22-5-10(3)18(27)21-20(22)28/h5,9,11-17,19,23-26H,4,6-8H2,1-3H3,(H,29,30)(H,31,32)(H,21,27,28)/t11-,12+,13+,14+,15+,16+,17-,19+/m0/s1. The summed E-state index contributed by atoms with van der Waals surface area (Å²) in [5, 5.41) is 40.5. The van der Waals surface area contributed by atoms with Gasteiger partial charge >= 0.3 is 21.3 Å². The molecule has 0 bridgehead atoms. The molecule has 18 nitrogen and oxygen atoms in total. The Morgan fingerprint density at radius 2 is 1.77 bits per heavy atom. The molecule has 0 aromatic carbocycles. The van der Waals surface area contributed by atoms with E-state index < -0.39 is 89.2 Å². The normalized spacial score (nSPS) is 34.0. The second-order valence-corrected chi connectivity index (χ2v) is 12.7. The van der Waals surface area contributed by atoms with E-state index in [1.807, 2.05) is 0 Å². The molecule has 0 spiro atoms. The maximum Gasteiger partial charge on any atom is 0.483 e. The van der Waals surface area contributed by atoms with Crippen LogP contribution in [0.2, 0.25) is 0 Å². The number of aryl methyl sites for hydroxylation is 1. The van der Waals surface area contributed by atoms with Crippen LogP contribution in [-0.2, 0) is 36.7 Å². The fourth-order valence-corrected chi connectivity index (χ4v) is 6.11. The molecule has 3 heterocycles. The first-order chi connectivity index (χ1) is 18.5. The maximum absolute atomic E-state index is 12.5. The van der Waals surface area contributed by atoms with E-state index in [1.54, 1.807) is 13.8 Å². The number of H-pyrrole nitrogens is 1. The van der Waals surface area contributed by atoms with Crippen molar-refractivity contribution >= 4 is 15.6 Å². The van der Waals surface area contributed by atoms with Crippen LogP contribution in [0.1, 0.15) is 32.1 Å². The molecule has 1 aromatic heterocycles. The van der Waals surface area contributed by atoms with Crippen LogP contribution < -0.4 is 11.2 Å². The van der Waals surface area contributed by atoms with Gasteiger partial charge in [-0.15, -0.1) is 0 Å². The molecule has 2 fully saturated rings. The van der Waals surface area contributed by atoms with Crippen molar-refractivity contribution in [3.05, 3.63) is 32.6 Å². The molecule has 0 aliphatic carbocycles. The van der Waals surface area contributed by atoms with Gasteiger partial charge in [-0.25, -0.2) is 13.9 Å². The molecule has 2 saturated heterocycles. The third kappa shape index (κ3) is 8.36. The first-order valence-electron chi connectivity index (χ1n) is 12.1. The lowest BCUT2D eigenvalue weighted by molar-refractivity contribution is -0.289. The molecule has 3 rings (SSSR count). The van der Waals surface area contributed by atoms with E-state index in [4.69, 9.17) is 18.7 Å². The summed E-state index contributed by atoms with van der Waals surface area (Å²) < 4.78 is 55.5. The zero-order chi connectivity index (χ0) is 30.0. The predicted octanol–water partition coefficient (Wildman–Crippen LogP) is -1.78. The molecule has 0 amide bonds. The number of rotatable bonds is 12. The highest BCUT2D eigenvalue weighted by molar-refractivity contribution is 7.61. The van der Waals surface area contributed by atoms with Crippen molar-refractivity contribution in [3.63, 3.8) is 0 Å². The van der Waals surface area contributed by atoms with Crippen molar-refractivity contribution in [3.8, 4) is 0 Å². The third-order valence-electron chi connectivity index (χ3n) is 5.95. The van der Waals surface area contributed by atoms with Gasteiger partial charge in [-0.1, -0.05) is 13.8 Å². The molecule has 10 atom stereocenters. The van der Waals surface area contributed by atoms with Gasteiger partial charge in [0.15, 0.2) is 6.29 Å². The molecule has 230 valence electrons. The summed E-state index contributed by atoms with van der Waals surface area (Å²) in [6.07, 6.45) is -10.9. The number of aliphatic hydroxyl groups excluding tert-OH is 4. The van der Waals surface area contributed by atoms with Gasteiger partial charge in [-0.3, -0.25) is 23.4 Å². The Hall–Kier alpha value is -1.34. The molecular formula is C20H34N2O16P2. The Kier molecular flexibility index (Phi) is 11.0. The van der Waals surface area contributed by atoms with Gasteiger partial charge in [-0.05, 0) is 12.8 Å². The number of aliphatic hydroxyl groups is 4. The minimum absolute atomic E-state index is 0.0293. The van der Waals surface area contributed by atoms with E-state index in [0.717, 1.165) is 4.57 Å². The Bertz CT molecular complexity index is 1220. The first-order valence-corrected chi connectivity index (χ1v) is 15.1. The zero-order valence-corrected chi connectivity index (χ0v) is 23.5. The van der Waals surface area contributed by atoms with Crippen LogP contribution in [0, 0.1) is 12.8 Å². The highest BCUT2D eigenvalue weighted by atomic mass is 31.3. The van der Waals surface area contributed by atoms with Crippen molar-refractivity contribution < 1.29 is 66.9 Å². The number of hydrogen-bond donors (Lipinski definition) is 7. The number of phosphoric ester groups is 2. The molecule has 2 unspecified atom stereocenters. The largest absolute Gasteiger partial charge is 0.483 e. The molecule has 2 aliphatic rings. The van der Waals surface area contributed by atoms with Crippen LogP contribution in [0.4, 0.5) is 0 Å². The molecule has 40 heavy (non-hydrogen) atoms. The van der Waals surface area contributed by atoms with Gasteiger partial charge in [0.2, 0.25) is 0 Å². The average molecular weight is 620 g/mol. The monoisotopic (exact) mass is 620 g/mol. The molecule has 0 saturated carbocycles. The topological polar surface area (TPSA) is 266 Å². The highest BCUT2D eigenvalue weighted by Gasteiger charge is 2.50. The quantitative estimate of drug-likeness (QED) is 0.127. The van der Waals surface area contributed by atoms with Crippen molar-refractivity contribution in [2.75, 3.05) is 19.8 Å². The second kappa shape index (κ2) is 13.3. The predicted molar refractivity (Wildman–Crippen MR) is 131 cm³/mol. The number of nitrogens with one attached hydrogen (secondary N) is 1. The Balaban J connectivity index is 1.61. The highest BCUT2D eigenvalue weighted by Crippen LogP contribution is 2.61. The number of phosphoric acid groups is 2. The summed E-state index contributed by atoms with van der Waals surface area (Å²) >= 11 is 0. The van der Waals surface area contributed by atoms with Crippen molar-refractivity contribution in [1.29, 1.82) is 0 Å². The van der Waals surface area contributed by atoms with Crippen LogP contribution in [0.25, 0.3) is 0 Å². The van der Waals surface area contributed by atoms with Gasteiger partial charge in [0.1, 0.15) is 36.7 Å². The van der Waals surface area contributed by atoms with Crippen LogP contribution in [0.15, 0.2) is 15.8 Å². The summed E-state index contributed by atoms with van der Waals surface area (Å²) in [4.78, 5) is 45.8. The SMILES string of the molecule is Cc1cn([C@H]2C[C@H](O)[C@@H](COP(=O)(O)OP(=O)(O)O[C@H]3O[C@H](CO)[C@@H](O)[C@H](OCC(C)C)[C@H]3O)O2)c(=O)[nH]c1=O. The van der Waals surface area contributed by atoms with E-state index in [0.29, 0.717) is 0 Å². The van der Waals surface area contributed by atoms with E-state index in [-0.39, 0.29) is 24.5 Å². The maximum atomic E-state index is 12.5. The van der Waals surface area contributed by atoms with Gasteiger partial charge in [0, 0.05) is 24.8 Å². The van der Waals surface area contributed by atoms with E-state index >= 15 is 0 Å². The summed E-state index contributed by atoms with van der Waals surface area (Å²) in [7, 11) is -10.9. The van der Waals surface area contributed by atoms with Gasteiger partial charge in [0.05, 0.1) is 19.3 Å². The summed E-state index contributed by atoms with van der Waals surface area (Å²) in [6.45, 7) is 3.44. The van der Waals surface area contributed by atoms with Crippen molar-refractivity contribution in [2.24, 2.45) is 5.92 Å². The lowest BCUT2D eigenvalue weighted by Gasteiger charge is -2.41. The lowest BCUT2D eigenvalue weighted by atomic mass is 9.99. The van der Waals surface area contributed by atoms with Crippen molar-refractivity contribution in [1.82, 2.24) is 9.55 Å². The van der Waals surface area contributed by atoms with Gasteiger partial charge in [0.25, 0.3) is 5.56 Å². The van der Waals surface area contributed by atoms with Crippen LogP contribution in [0.3, 0.4) is 0 Å². The number of aromatic nitrogens is 2. The first kappa shape index (κ1) is 33.2. The van der Waals surface area contributed by atoms with Crippen LogP contribution in [-0.4, -0.2) is 102 Å². The number of aromatic amines is 1. The fourth-order valence-electron chi connectivity index (χ4n) is 3.95. The minimum atomic E-state index is -5.52. The summed E-state index contributed by atoms with van der Waals surface area (Å²) in [5.41, 5.74) is -1.24. The Morgan fingerprint density at radius 3 is 2.40 bits per heavy atom. The van der Waals surface area contributed by atoms with Crippen LogP contribution >= 0.6 is 15.6 Å². The van der Waals surface area contributed by atoms with E-state index in [9.17, 15) is 48.9 Å². The molecule has 0 radical (unpaired) electrons. The molecule has 2 aliphatic heterocycles. The van der Waals surface area contributed by atoms with E-state index in [2.05, 4.69) is 13.8 Å². The van der Waals surface area contributed by atoms with Crippen LogP contribution in [0.5, 0.6) is 0 Å². The van der Waals surface area contributed by atoms with E-state index in [1.165, 1.54) is 13.1 Å². The zero-order valence-electron chi connectivity index (χ0n) is 21.7. The number of hydrogen-bond acceptors (Lipinski definition) is 14. The average Bonchev–Trinajstić information content (AvgIpc) is 3.21. The van der Waals surface area contributed by atoms with Gasteiger partial charge in [-0.2, -0.15) is 4.31 Å². The number of ether oxygens (including phenoxy) is 3.